The van der Waals surface area contributed by atoms with Crippen LogP contribution in [0.5, 0.6) is 5.75 Å². The van der Waals surface area contributed by atoms with Crippen LogP contribution in [0.25, 0.3) is 5.69 Å². The minimum absolute atomic E-state index is 0.0794. The van der Waals surface area contributed by atoms with Gasteiger partial charge < -0.3 is 10.1 Å². The summed E-state index contributed by atoms with van der Waals surface area (Å²) in [5, 5.41) is 6.36. The Bertz CT molecular complexity index is 1410. The average Bonchev–Trinajstić information content (AvgIpc) is 3.24. The molecule has 4 aromatic rings. The molecular formula is C22H18F3N5O4. The van der Waals surface area contributed by atoms with Gasteiger partial charge in [-0.15, -0.1) is 0 Å². The maximum Gasteiger partial charge on any atom is 0.438 e. The number of benzene rings is 2. The summed E-state index contributed by atoms with van der Waals surface area (Å²) in [7, 11) is 1.24. The van der Waals surface area contributed by atoms with Crippen molar-refractivity contribution in [2.45, 2.75) is 19.0 Å². The molecule has 0 atom stereocenters. The van der Waals surface area contributed by atoms with E-state index >= 15 is 0 Å². The topological polar surface area (TPSA) is 115 Å². The van der Waals surface area contributed by atoms with E-state index in [1.54, 1.807) is 12.1 Å². The fourth-order valence-corrected chi connectivity index (χ4v) is 3.25. The van der Waals surface area contributed by atoms with E-state index in [-0.39, 0.29) is 17.3 Å². The number of alkyl halides is 3. The van der Waals surface area contributed by atoms with E-state index in [0.29, 0.717) is 24.4 Å². The highest BCUT2D eigenvalue weighted by Crippen LogP contribution is 2.35. The molecule has 34 heavy (non-hydrogen) atoms. The molecule has 2 aromatic heterocycles. The third-order valence-electron chi connectivity index (χ3n) is 4.97. The predicted molar refractivity (Wildman–Crippen MR) is 116 cm³/mol. The Kier molecular flexibility index (Phi) is 6.21. The summed E-state index contributed by atoms with van der Waals surface area (Å²) in [4.78, 5) is 30.5. The summed E-state index contributed by atoms with van der Waals surface area (Å²) in [6.45, 7) is 0. The van der Waals surface area contributed by atoms with E-state index in [0.717, 1.165) is 17.7 Å². The van der Waals surface area contributed by atoms with Crippen LogP contribution in [-0.4, -0.2) is 26.8 Å². The van der Waals surface area contributed by atoms with Crippen molar-refractivity contribution in [1.29, 1.82) is 0 Å². The van der Waals surface area contributed by atoms with Crippen molar-refractivity contribution >= 4 is 11.5 Å². The first kappa shape index (κ1) is 22.8. The van der Waals surface area contributed by atoms with E-state index in [4.69, 9.17) is 4.74 Å². The van der Waals surface area contributed by atoms with Gasteiger partial charge in [0.25, 0.3) is 5.56 Å². The molecule has 0 unspecified atom stereocenters. The quantitative estimate of drug-likeness (QED) is 0.422. The Morgan fingerprint density at radius 2 is 1.88 bits per heavy atom. The second-order valence-corrected chi connectivity index (χ2v) is 7.20. The van der Waals surface area contributed by atoms with Crippen molar-refractivity contribution in [3.05, 3.63) is 92.7 Å². The fraction of sp³-hybridized carbons (Fsp3) is 0.182. The molecule has 0 amide bonds. The van der Waals surface area contributed by atoms with Gasteiger partial charge in [0.15, 0.2) is 11.6 Å². The van der Waals surface area contributed by atoms with Gasteiger partial charge in [-0.25, -0.2) is 9.78 Å². The van der Waals surface area contributed by atoms with Crippen LogP contribution in [0.4, 0.5) is 24.7 Å². The maximum absolute atomic E-state index is 13.0. The SMILES string of the molecule is COc1cc(C(F)(F)F)ccc1Nc1nccn(-c2ccc(CCc3noc(=O)[nH]3)cc2)c1=O. The van der Waals surface area contributed by atoms with Crippen LogP contribution in [0.3, 0.4) is 0 Å². The summed E-state index contributed by atoms with van der Waals surface area (Å²) >= 11 is 0. The van der Waals surface area contributed by atoms with Gasteiger partial charge in [0.05, 0.1) is 18.4 Å². The number of H-pyrrole nitrogens is 1. The Hall–Kier alpha value is -4.35. The fourth-order valence-electron chi connectivity index (χ4n) is 3.25. The molecule has 0 aliphatic heterocycles. The molecule has 176 valence electrons. The van der Waals surface area contributed by atoms with Crippen molar-refractivity contribution in [3.63, 3.8) is 0 Å². The normalized spacial score (nSPS) is 11.4. The van der Waals surface area contributed by atoms with Crippen molar-refractivity contribution in [3.8, 4) is 11.4 Å². The lowest BCUT2D eigenvalue weighted by atomic mass is 10.1. The molecule has 0 aliphatic carbocycles. The summed E-state index contributed by atoms with van der Waals surface area (Å²) in [6, 6.07) is 10.0. The summed E-state index contributed by atoms with van der Waals surface area (Å²) in [5.41, 5.74) is 0.302. The van der Waals surface area contributed by atoms with Crippen LogP contribution < -0.4 is 21.4 Å². The molecule has 0 bridgehead atoms. The molecule has 0 fully saturated rings. The number of aryl methyl sites for hydroxylation is 2. The number of nitrogens with one attached hydrogen (secondary N) is 2. The van der Waals surface area contributed by atoms with E-state index in [2.05, 4.69) is 25.0 Å². The van der Waals surface area contributed by atoms with Gasteiger partial charge in [0.1, 0.15) is 5.75 Å². The van der Waals surface area contributed by atoms with Gasteiger partial charge in [-0.2, -0.15) is 13.2 Å². The summed E-state index contributed by atoms with van der Waals surface area (Å²) in [6.07, 6.45) is -0.582. The van der Waals surface area contributed by atoms with E-state index in [1.165, 1.54) is 30.1 Å². The van der Waals surface area contributed by atoms with Gasteiger partial charge in [-0.05, 0) is 42.3 Å². The highest BCUT2D eigenvalue weighted by molar-refractivity contribution is 5.65. The zero-order valence-corrected chi connectivity index (χ0v) is 17.7. The number of nitrogens with zero attached hydrogens (tertiary/aromatic N) is 3. The third kappa shape index (κ3) is 5.00. The third-order valence-corrected chi connectivity index (χ3v) is 4.97. The highest BCUT2D eigenvalue weighted by atomic mass is 19.4. The average molecular weight is 473 g/mol. The van der Waals surface area contributed by atoms with Gasteiger partial charge in [0.2, 0.25) is 0 Å². The molecule has 4 rings (SSSR count). The van der Waals surface area contributed by atoms with Crippen LogP contribution >= 0.6 is 0 Å². The molecular weight excluding hydrogens is 455 g/mol. The Morgan fingerprint density at radius 3 is 2.53 bits per heavy atom. The lowest BCUT2D eigenvalue weighted by Gasteiger charge is -2.14. The minimum atomic E-state index is -4.53. The summed E-state index contributed by atoms with van der Waals surface area (Å²) < 4.78 is 49.8. The predicted octanol–water partition coefficient (Wildman–Crippen LogP) is 3.47. The van der Waals surface area contributed by atoms with E-state index in [9.17, 15) is 22.8 Å². The molecule has 0 saturated heterocycles. The Balaban J connectivity index is 1.54. The monoisotopic (exact) mass is 473 g/mol. The zero-order chi connectivity index (χ0) is 24.3. The van der Waals surface area contributed by atoms with Crippen LogP contribution in [-0.2, 0) is 19.0 Å². The summed E-state index contributed by atoms with van der Waals surface area (Å²) in [5.74, 6) is -0.335. The second-order valence-electron chi connectivity index (χ2n) is 7.20. The molecule has 9 nitrogen and oxygen atoms in total. The Labute approximate surface area is 189 Å². The number of methoxy groups -OCH3 is 1. The van der Waals surface area contributed by atoms with Crippen LogP contribution in [0.1, 0.15) is 17.0 Å². The number of halogens is 3. The first-order valence-corrected chi connectivity index (χ1v) is 9.98. The van der Waals surface area contributed by atoms with Gasteiger partial charge >= 0.3 is 11.9 Å². The maximum atomic E-state index is 13.0. The molecule has 2 N–H and O–H groups in total. The number of ether oxygens (including phenoxy) is 1. The minimum Gasteiger partial charge on any atom is -0.495 e. The zero-order valence-electron chi connectivity index (χ0n) is 17.7. The van der Waals surface area contributed by atoms with Crippen molar-refractivity contribution in [2.75, 3.05) is 12.4 Å². The Morgan fingerprint density at radius 1 is 1.12 bits per heavy atom. The number of hydrogen-bond acceptors (Lipinski definition) is 7. The number of anilines is 2. The number of hydrogen-bond donors (Lipinski definition) is 2. The molecule has 2 heterocycles. The first-order chi connectivity index (χ1) is 16.2. The van der Waals surface area contributed by atoms with Crippen molar-refractivity contribution in [2.24, 2.45) is 0 Å². The van der Waals surface area contributed by atoms with Crippen molar-refractivity contribution < 1.29 is 22.4 Å². The molecule has 0 saturated carbocycles. The molecule has 12 heteroatoms. The molecule has 0 aliphatic rings. The smallest absolute Gasteiger partial charge is 0.438 e. The van der Waals surface area contributed by atoms with Gasteiger partial charge in [-0.1, -0.05) is 17.3 Å². The highest BCUT2D eigenvalue weighted by Gasteiger charge is 2.31. The molecule has 2 aromatic carbocycles. The number of aromatic nitrogens is 4. The van der Waals surface area contributed by atoms with E-state index < -0.39 is 23.1 Å². The standard InChI is InChI=1S/C22H18F3N5O4/c1-33-17-12-14(22(23,24)25)5-8-16(17)27-19-20(31)30(11-10-26-19)15-6-2-13(3-7-15)4-9-18-28-21(32)34-29-18/h2-3,5-8,10-12H,4,9H2,1H3,(H,26,27)(H,28,29,32). The molecule has 0 radical (unpaired) electrons. The van der Waals surface area contributed by atoms with Crippen LogP contribution in [0.15, 0.2) is 69.0 Å². The van der Waals surface area contributed by atoms with Crippen molar-refractivity contribution in [1.82, 2.24) is 19.7 Å². The lowest BCUT2D eigenvalue weighted by Crippen LogP contribution is -2.22. The van der Waals surface area contributed by atoms with Gasteiger partial charge in [0, 0.05) is 24.5 Å². The first-order valence-electron chi connectivity index (χ1n) is 9.98. The van der Waals surface area contributed by atoms with E-state index in [1.807, 2.05) is 12.1 Å². The van der Waals surface area contributed by atoms with Crippen LogP contribution in [0, 0.1) is 0 Å². The van der Waals surface area contributed by atoms with Gasteiger partial charge in [-0.3, -0.25) is 18.9 Å². The largest absolute Gasteiger partial charge is 0.495 e. The number of rotatable bonds is 7. The molecule has 0 spiro atoms. The number of aromatic amines is 1. The second kappa shape index (κ2) is 9.25. The van der Waals surface area contributed by atoms with Crippen LogP contribution in [0.2, 0.25) is 0 Å². The lowest BCUT2D eigenvalue weighted by molar-refractivity contribution is -0.137.